The molecule has 1 heterocycles. The summed E-state index contributed by atoms with van der Waals surface area (Å²) < 4.78 is 13.3. The summed E-state index contributed by atoms with van der Waals surface area (Å²) in [7, 11) is 0. The van der Waals surface area contributed by atoms with Crippen molar-refractivity contribution in [1.29, 1.82) is 0 Å². The maximum atomic E-state index is 13.3. The molecule has 0 aliphatic carbocycles. The molecule has 1 aromatic heterocycles. The lowest BCUT2D eigenvalue weighted by Gasteiger charge is -2.12. The highest BCUT2D eigenvalue weighted by atomic mass is 35.5. The molecule has 0 fully saturated rings. The van der Waals surface area contributed by atoms with Gasteiger partial charge in [-0.15, -0.1) is 0 Å². The molecule has 0 aliphatic heterocycles. The van der Waals surface area contributed by atoms with Crippen molar-refractivity contribution in [1.82, 2.24) is 9.97 Å². The van der Waals surface area contributed by atoms with Crippen LogP contribution in [-0.4, -0.2) is 15.9 Å². The molecule has 3 aromatic rings. The Bertz CT molecular complexity index is 978. The molecule has 0 bridgehead atoms. The second-order valence-corrected chi connectivity index (χ2v) is 6.09. The zero-order chi connectivity index (χ0) is 18.7. The van der Waals surface area contributed by atoms with Gasteiger partial charge in [-0.1, -0.05) is 23.7 Å². The van der Waals surface area contributed by atoms with Gasteiger partial charge in [0.2, 0.25) is 0 Å². The summed E-state index contributed by atoms with van der Waals surface area (Å²) in [6.07, 6.45) is 0. The number of rotatable bonds is 4. The molecule has 7 heteroatoms. The summed E-state index contributed by atoms with van der Waals surface area (Å²) in [4.78, 5) is 20.9. The minimum Gasteiger partial charge on any atom is -0.340 e. The van der Waals surface area contributed by atoms with Gasteiger partial charge in [0.1, 0.15) is 23.2 Å². The van der Waals surface area contributed by atoms with Gasteiger partial charge < -0.3 is 10.6 Å². The van der Waals surface area contributed by atoms with Crippen molar-refractivity contribution in [2.45, 2.75) is 13.8 Å². The molecule has 2 N–H and O–H groups in total. The Hall–Kier alpha value is -2.99. The fourth-order valence-electron chi connectivity index (χ4n) is 2.39. The second-order valence-electron chi connectivity index (χ2n) is 5.69. The lowest BCUT2D eigenvalue weighted by atomic mass is 10.2. The van der Waals surface area contributed by atoms with Gasteiger partial charge in [0.15, 0.2) is 0 Å². The first-order valence-corrected chi connectivity index (χ1v) is 8.25. The largest absolute Gasteiger partial charge is 0.340 e. The van der Waals surface area contributed by atoms with E-state index in [1.165, 1.54) is 24.3 Å². The first kappa shape index (κ1) is 17.8. The SMILES string of the molecule is Cc1nc(Nc2cccc(Cl)c2C)cc(C(=O)Nc2cccc(F)c2)n1. The van der Waals surface area contributed by atoms with Crippen LogP contribution in [0.15, 0.2) is 48.5 Å². The van der Waals surface area contributed by atoms with Crippen LogP contribution in [0, 0.1) is 19.7 Å². The van der Waals surface area contributed by atoms with E-state index in [2.05, 4.69) is 20.6 Å². The van der Waals surface area contributed by atoms with E-state index in [1.54, 1.807) is 19.1 Å². The molecule has 0 atom stereocenters. The highest BCUT2D eigenvalue weighted by Gasteiger charge is 2.12. The minimum atomic E-state index is -0.452. The number of carbonyl (C=O) groups is 1. The summed E-state index contributed by atoms with van der Waals surface area (Å²) in [5.41, 5.74) is 2.18. The lowest BCUT2D eigenvalue weighted by Crippen LogP contribution is -2.15. The highest BCUT2D eigenvalue weighted by molar-refractivity contribution is 6.31. The predicted molar refractivity (Wildman–Crippen MR) is 101 cm³/mol. The molecule has 5 nitrogen and oxygen atoms in total. The van der Waals surface area contributed by atoms with Crippen molar-refractivity contribution < 1.29 is 9.18 Å². The number of benzene rings is 2. The maximum Gasteiger partial charge on any atom is 0.274 e. The number of anilines is 3. The second kappa shape index (κ2) is 7.49. The van der Waals surface area contributed by atoms with Crippen LogP contribution in [0.1, 0.15) is 21.9 Å². The van der Waals surface area contributed by atoms with Crippen LogP contribution in [-0.2, 0) is 0 Å². The molecule has 3 rings (SSSR count). The van der Waals surface area contributed by atoms with E-state index in [4.69, 9.17) is 11.6 Å². The van der Waals surface area contributed by atoms with Gasteiger partial charge in [0, 0.05) is 22.5 Å². The molecule has 1 amide bonds. The topological polar surface area (TPSA) is 66.9 Å². The number of halogens is 2. The monoisotopic (exact) mass is 370 g/mol. The normalized spacial score (nSPS) is 10.5. The molecular weight excluding hydrogens is 355 g/mol. The van der Waals surface area contributed by atoms with Gasteiger partial charge in [0.05, 0.1) is 0 Å². The molecular formula is C19H16ClFN4O. The number of hydrogen-bond donors (Lipinski definition) is 2. The Morgan fingerprint density at radius 3 is 2.62 bits per heavy atom. The molecule has 0 aliphatic rings. The number of aromatic nitrogens is 2. The molecule has 26 heavy (non-hydrogen) atoms. The Morgan fingerprint density at radius 2 is 1.85 bits per heavy atom. The van der Waals surface area contributed by atoms with Crippen LogP contribution in [0.3, 0.4) is 0 Å². The lowest BCUT2D eigenvalue weighted by molar-refractivity contribution is 0.102. The zero-order valence-corrected chi connectivity index (χ0v) is 14.9. The maximum absolute atomic E-state index is 13.3. The van der Waals surface area contributed by atoms with Crippen LogP contribution >= 0.6 is 11.6 Å². The summed E-state index contributed by atoms with van der Waals surface area (Å²) >= 11 is 6.13. The average molecular weight is 371 g/mol. The Kier molecular flexibility index (Phi) is 5.14. The number of aryl methyl sites for hydroxylation is 1. The fourth-order valence-corrected chi connectivity index (χ4v) is 2.56. The van der Waals surface area contributed by atoms with Crippen LogP contribution in [0.4, 0.5) is 21.6 Å². The number of hydrogen-bond acceptors (Lipinski definition) is 4. The van der Waals surface area contributed by atoms with Crippen molar-refractivity contribution in [3.05, 3.63) is 76.5 Å². The molecule has 132 valence electrons. The van der Waals surface area contributed by atoms with E-state index in [1.807, 2.05) is 19.1 Å². The number of nitrogens with zero attached hydrogens (tertiary/aromatic N) is 2. The van der Waals surface area contributed by atoms with Crippen LogP contribution in [0.5, 0.6) is 0 Å². The van der Waals surface area contributed by atoms with E-state index in [0.29, 0.717) is 22.4 Å². The van der Waals surface area contributed by atoms with Crippen molar-refractivity contribution in [2.24, 2.45) is 0 Å². The Balaban J connectivity index is 1.85. The van der Waals surface area contributed by atoms with Crippen molar-refractivity contribution in [2.75, 3.05) is 10.6 Å². The van der Waals surface area contributed by atoms with E-state index in [0.717, 1.165) is 11.3 Å². The van der Waals surface area contributed by atoms with E-state index in [9.17, 15) is 9.18 Å². The average Bonchev–Trinajstić information content (AvgIpc) is 2.58. The quantitative estimate of drug-likeness (QED) is 0.686. The van der Waals surface area contributed by atoms with Crippen molar-refractivity contribution in [3.63, 3.8) is 0 Å². The molecule has 0 unspecified atom stereocenters. The van der Waals surface area contributed by atoms with Gasteiger partial charge in [-0.2, -0.15) is 0 Å². The first-order valence-electron chi connectivity index (χ1n) is 7.87. The summed E-state index contributed by atoms with van der Waals surface area (Å²) in [6, 6.07) is 12.7. The van der Waals surface area contributed by atoms with E-state index < -0.39 is 11.7 Å². The van der Waals surface area contributed by atoms with Crippen LogP contribution in [0.25, 0.3) is 0 Å². The van der Waals surface area contributed by atoms with Crippen molar-refractivity contribution in [3.8, 4) is 0 Å². The van der Waals surface area contributed by atoms with Crippen LogP contribution in [0.2, 0.25) is 5.02 Å². The first-order chi connectivity index (χ1) is 12.4. The molecule has 0 saturated carbocycles. The predicted octanol–water partition coefficient (Wildman–Crippen LogP) is 4.88. The third kappa shape index (κ3) is 4.15. The molecule has 2 aromatic carbocycles. The van der Waals surface area contributed by atoms with E-state index in [-0.39, 0.29) is 5.69 Å². The summed E-state index contributed by atoms with van der Waals surface area (Å²) in [5.74, 6) is 0.0127. The Labute approximate surface area is 155 Å². The molecule has 0 saturated heterocycles. The fraction of sp³-hybridized carbons (Fsp3) is 0.105. The van der Waals surface area contributed by atoms with Crippen molar-refractivity contribution >= 4 is 34.7 Å². The Morgan fingerprint density at radius 1 is 1.08 bits per heavy atom. The van der Waals surface area contributed by atoms with Gasteiger partial charge in [0.25, 0.3) is 5.91 Å². The number of carbonyl (C=O) groups excluding carboxylic acids is 1. The third-order valence-corrected chi connectivity index (χ3v) is 4.09. The van der Waals surface area contributed by atoms with Gasteiger partial charge in [-0.05, 0) is 49.7 Å². The zero-order valence-electron chi connectivity index (χ0n) is 14.2. The summed E-state index contributed by atoms with van der Waals surface area (Å²) in [5, 5.41) is 6.40. The number of amides is 1. The third-order valence-electron chi connectivity index (χ3n) is 3.68. The molecule has 0 spiro atoms. The molecule has 0 radical (unpaired) electrons. The van der Waals surface area contributed by atoms with Gasteiger partial charge in [-0.25, -0.2) is 14.4 Å². The minimum absolute atomic E-state index is 0.170. The standard InChI is InChI=1S/C19H16ClFN4O/c1-11-15(20)7-4-8-16(11)25-18-10-17(22-12(2)23-18)19(26)24-14-6-3-5-13(21)9-14/h3-10H,1-2H3,(H,24,26)(H,22,23,25). The van der Waals surface area contributed by atoms with Gasteiger partial charge >= 0.3 is 0 Å². The summed E-state index contributed by atoms with van der Waals surface area (Å²) in [6.45, 7) is 3.57. The van der Waals surface area contributed by atoms with Gasteiger partial charge in [-0.3, -0.25) is 4.79 Å². The number of nitrogens with one attached hydrogen (secondary N) is 2. The van der Waals surface area contributed by atoms with E-state index >= 15 is 0 Å². The highest BCUT2D eigenvalue weighted by Crippen LogP contribution is 2.25. The smallest absolute Gasteiger partial charge is 0.274 e. The van der Waals surface area contributed by atoms with Crippen LogP contribution < -0.4 is 10.6 Å².